The topological polar surface area (TPSA) is 96.0 Å². The first-order chi connectivity index (χ1) is 19.5. The normalized spacial score (nSPS) is 12.7. The van der Waals surface area contributed by atoms with Crippen LogP contribution >= 0.6 is 0 Å². The Kier molecular flexibility index (Phi) is 10.9. The van der Waals surface area contributed by atoms with E-state index in [-0.39, 0.29) is 35.5 Å². The highest BCUT2D eigenvalue weighted by Gasteiger charge is 2.34. The maximum absolute atomic E-state index is 15.0. The molecule has 0 radical (unpaired) electrons. The van der Waals surface area contributed by atoms with E-state index in [1.54, 1.807) is 50.4 Å². The number of para-hydroxylation sites is 1. The zero-order valence-electron chi connectivity index (χ0n) is 24.1. The molecule has 3 aromatic carbocycles. The molecule has 3 rings (SSSR count). The van der Waals surface area contributed by atoms with E-state index in [0.717, 1.165) is 15.9 Å². The summed E-state index contributed by atoms with van der Waals surface area (Å²) < 4.78 is 48.7. The molecule has 8 nitrogen and oxygen atoms in total. The van der Waals surface area contributed by atoms with Crippen LogP contribution in [-0.2, 0) is 26.2 Å². The maximum Gasteiger partial charge on any atom is 0.264 e. The quantitative estimate of drug-likeness (QED) is 0.304. The molecule has 0 aliphatic heterocycles. The lowest BCUT2D eigenvalue weighted by Crippen LogP contribution is -2.53. The van der Waals surface area contributed by atoms with E-state index in [0.29, 0.717) is 17.7 Å². The fourth-order valence-corrected chi connectivity index (χ4v) is 5.71. The number of carbonyl (C=O) groups excluding carboxylic acids is 2. The van der Waals surface area contributed by atoms with E-state index in [2.05, 4.69) is 5.32 Å². The van der Waals surface area contributed by atoms with Crippen molar-refractivity contribution in [3.05, 3.63) is 89.7 Å². The van der Waals surface area contributed by atoms with Gasteiger partial charge in [-0.15, -0.1) is 0 Å². The second-order valence-electron chi connectivity index (χ2n) is 9.89. The van der Waals surface area contributed by atoms with Crippen molar-refractivity contribution in [1.82, 2.24) is 10.2 Å². The van der Waals surface area contributed by atoms with Gasteiger partial charge in [-0.3, -0.25) is 13.9 Å². The first-order valence-electron chi connectivity index (χ1n) is 13.6. The van der Waals surface area contributed by atoms with Gasteiger partial charge in [0.05, 0.1) is 17.7 Å². The summed E-state index contributed by atoms with van der Waals surface area (Å²) in [6.07, 6.45) is 0.985. The van der Waals surface area contributed by atoms with Crippen molar-refractivity contribution in [2.75, 3.05) is 18.0 Å². The zero-order chi connectivity index (χ0) is 30.2. The van der Waals surface area contributed by atoms with Gasteiger partial charge in [0.15, 0.2) is 0 Å². The molecule has 0 aliphatic rings. The third-order valence-corrected chi connectivity index (χ3v) is 8.68. The summed E-state index contributed by atoms with van der Waals surface area (Å²) in [5, 5.41) is 2.93. The van der Waals surface area contributed by atoms with Gasteiger partial charge in [0.25, 0.3) is 10.0 Å². The Bertz CT molecular complexity index is 1430. The van der Waals surface area contributed by atoms with Gasteiger partial charge in [-0.1, -0.05) is 55.8 Å². The summed E-state index contributed by atoms with van der Waals surface area (Å²) in [6, 6.07) is 17.5. The summed E-state index contributed by atoms with van der Waals surface area (Å²) in [5.74, 6) is -1.16. The Morgan fingerprint density at radius 3 is 2.15 bits per heavy atom. The average Bonchev–Trinajstić information content (AvgIpc) is 2.96. The predicted molar refractivity (Wildman–Crippen MR) is 158 cm³/mol. The standard InChI is InChI=1S/C31H38FN3O5S/c1-6-23(4)33-31(37)28(7-2)34(20-24-14-16-25(40-5)17-15-24)30(36)21-35(29-11-9-8-10-27(29)32)41(38,39)26-18-12-22(3)13-19-26/h8-19,23,28H,6-7,20-21H2,1-5H3,(H,33,37)/t23-,28+/m1/s1. The molecule has 0 aliphatic carbocycles. The van der Waals surface area contributed by atoms with Gasteiger partial charge >= 0.3 is 0 Å². The number of benzene rings is 3. The number of nitrogens with one attached hydrogen (secondary N) is 1. The molecule has 0 fully saturated rings. The second-order valence-corrected chi connectivity index (χ2v) is 11.8. The van der Waals surface area contributed by atoms with Crippen LogP contribution in [0.25, 0.3) is 0 Å². The number of hydrogen-bond acceptors (Lipinski definition) is 5. The fourth-order valence-electron chi connectivity index (χ4n) is 4.29. The Labute approximate surface area is 242 Å². The Morgan fingerprint density at radius 1 is 0.951 bits per heavy atom. The molecule has 0 heterocycles. The van der Waals surface area contributed by atoms with E-state index in [9.17, 15) is 18.0 Å². The van der Waals surface area contributed by atoms with Crippen molar-refractivity contribution in [3.63, 3.8) is 0 Å². The molecular weight excluding hydrogens is 545 g/mol. The summed E-state index contributed by atoms with van der Waals surface area (Å²) in [5.41, 5.74) is 1.30. The number of anilines is 1. The molecule has 1 N–H and O–H groups in total. The molecule has 0 unspecified atom stereocenters. The molecule has 0 saturated carbocycles. The summed E-state index contributed by atoms with van der Waals surface area (Å²) >= 11 is 0. The molecule has 0 spiro atoms. The minimum atomic E-state index is -4.35. The predicted octanol–water partition coefficient (Wildman–Crippen LogP) is 5.06. The number of ether oxygens (including phenoxy) is 1. The number of aryl methyl sites for hydroxylation is 1. The lowest BCUT2D eigenvalue weighted by Gasteiger charge is -2.33. The highest BCUT2D eigenvalue weighted by molar-refractivity contribution is 7.92. The van der Waals surface area contributed by atoms with Gasteiger partial charge in [0, 0.05) is 12.6 Å². The molecule has 0 bridgehead atoms. The number of carbonyl (C=O) groups is 2. The average molecular weight is 584 g/mol. The Morgan fingerprint density at radius 2 is 1.59 bits per heavy atom. The van der Waals surface area contributed by atoms with Crippen LogP contribution in [0.3, 0.4) is 0 Å². The van der Waals surface area contributed by atoms with Gasteiger partial charge < -0.3 is 15.0 Å². The molecule has 220 valence electrons. The number of amides is 2. The minimum absolute atomic E-state index is 0.0327. The van der Waals surface area contributed by atoms with Crippen LogP contribution in [-0.4, -0.2) is 50.9 Å². The Balaban J connectivity index is 2.06. The first-order valence-corrected chi connectivity index (χ1v) is 15.0. The van der Waals surface area contributed by atoms with E-state index in [1.807, 2.05) is 20.8 Å². The summed E-state index contributed by atoms with van der Waals surface area (Å²) in [7, 11) is -2.81. The van der Waals surface area contributed by atoms with Crippen molar-refractivity contribution in [1.29, 1.82) is 0 Å². The fraction of sp³-hybridized carbons (Fsp3) is 0.355. The van der Waals surface area contributed by atoms with E-state index in [1.165, 1.54) is 35.2 Å². The van der Waals surface area contributed by atoms with E-state index in [4.69, 9.17) is 4.74 Å². The molecule has 2 amide bonds. The van der Waals surface area contributed by atoms with Gasteiger partial charge in [-0.2, -0.15) is 0 Å². The van der Waals surface area contributed by atoms with Crippen molar-refractivity contribution in [3.8, 4) is 5.75 Å². The van der Waals surface area contributed by atoms with E-state index >= 15 is 4.39 Å². The highest BCUT2D eigenvalue weighted by atomic mass is 32.2. The van der Waals surface area contributed by atoms with Crippen LogP contribution in [0.15, 0.2) is 77.7 Å². The summed E-state index contributed by atoms with van der Waals surface area (Å²) in [6.45, 7) is 6.74. The van der Waals surface area contributed by atoms with Gasteiger partial charge in [0.1, 0.15) is 24.2 Å². The minimum Gasteiger partial charge on any atom is -0.497 e. The zero-order valence-corrected chi connectivity index (χ0v) is 24.9. The molecule has 41 heavy (non-hydrogen) atoms. The van der Waals surface area contributed by atoms with Crippen LogP contribution in [0.1, 0.15) is 44.7 Å². The number of methoxy groups -OCH3 is 1. The number of nitrogens with zero attached hydrogens (tertiary/aromatic N) is 2. The first kappa shape index (κ1) is 31.6. The molecule has 0 aromatic heterocycles. The number of sulfonamides is 1. The third kappa shape index (κ3) is 7.85. The van der Waals surface area contributed by atoms with Crippen LogP contribution in [0.4, 0.5) is 10.1 Å². The van der Waals surface area contributed by atoms with Crippen LogP contribution in [0.2, 0.25) is 0 Å². The monoisotopic (exact) mass is 583 g/mol. The number of halogens is 1. The van der Waals surface area contributed by atoms with Gasteiger partial charge in [-0.25, -0.2) is 12.8 Å². The van der Waals surface area contributed by atoms with E-state index < -0.39 is 34.3 Å². The maximum atomic E-state index is 15.0. The van der Waals surface area contributed by atoms with Gasteiger partial charge in [-0.05, 0) is 68.7 Å². The highest BCUT2D eigenvalue weighted by Crippen LogP contribution is 2.27. The van der Waals surface area contributed by atoms with Crippen molar-refractivity contribution in [2.45, 2.75) is 64.1 Å². The van der Waals surface area contributed by atoms with Gasteiger partial charge in [0.2, 0.25) is 11.8 Å². The third-order valence-electron chi connectivity index (χ3n) is 6.91. The number of hydrogen-bond donors (Lipinski definition) is 1. The van der Waals surface area contributed by atoms with Crippen LogP contribution < -0.4 is 14.4 Å². The smallest absolute Gasteiger partial charge is 0.264 e. The van der Waals surface area contributed by atoms with Crippen molar-refractivity contribution in [2.24, 2.45) is 0 Å². The molecule has 10 heteroatoms. The summed E-state index contributed by atoms with van der Waals surface area (Å²) in [4.78, 5) is 28.7. The molecule has 0 saturated heterocycles. The lowest BCUT2D eigenvalue weighted by molar-refractivity contribution is -0.140. The van der Waals surface area contributed by atoms with Crippen LogP contribution in [0.5, 0.6) is 5.75 Å². The molecule has 3 aromatic rings. The largest absolute Gasteiger partial charge is 0.497 e. The Hall–Kier alpha value is -3.92. The van der Waals surface area contributed by atoms with Crippen LogP contribution in [0, 0.1) is 12.7 Å². The second kappa shape index (κ2) is 14.1. The molecule has 2 atom stereocenters. The lowest BCUT2D eigenvalue weighted by atomic mass is 10.1. The van der Waals surface area contributed by atoms with Crippen molar-refractivity contribution < 1.29 is 27.1 Å². The SMILES string of the molecule is CC[C@@H](C)NC(=O)[C@H](CC)N(Cc1ccc(OC)cc1)C(=O)CN(c1ccccc1F)S(=O)(=O)c1ccc(C)cc1. The number of rotatable bonds is 13. The van der Waals surface area contributed by atoms with Crippen molar-refractivity contribution >= 4 is 27.5 Å². The molecular formula is C31H38FN3O5S.